The smallest absolute Gasteiger partial charge is 0.254 e. The number of carbonyl (C=O) groups is 2. The van der Waals surface area contributed by atoms with E-state index in [0.717, 1.165) is 25.9 Å². The highest BCUT2D eigenvalue weighted by molar-refractivity contribution is 5.95. The van der Waals surface area contributed by atoms with Gasteiger partial charge in [0.25, 0.3) is 5.91 Å². The topological polar surface area (TPSA) is 80.3 Å². The van der Waals surface area contributed by atoms with Gasteiger partial charge >= 0.3 is 0 Å². The van der Waals surface area contributed by atoms with Crippen LogP contribution in [-0.2, 0) is 16.0 Å². The molecule has 0 radical (unpaired) electrons. The summed E-state index contributed by atoms with van der Waals surface area (Å²) in [6.45, 7) is 10.8. The van der Waals surface area contributed by atoms with Gasteiger partial charge in [0.2, 0.25) is 5.91 Å². The summed E-state index contributed by atoms with van der Waals surface area (Å²) in [6, 6.07) is 15.7. The van der Waals surface area contributed by atoms with Crippen molar-refractivity contribution in [1.29, 1.82) is 0 Å². The molecule has 2 amide bonds. The molecule has 0 unspecified atom stereocenters. The van der Waals surface area contributed by atoms with Gasteiger partial charge in [-0.05, 0) is 55.9 Å². The zero-order valence-electron chi connectivity index (χ0n) is 24.9. The van der Waals surface area contributed by atoms with Crippen molar-refractivity contribution in [3.63, 3.8) is 0 Å². The van der Waals surface area contributed by atoms with Crippen molar-refractivity contribution in [3.05, 3.63) is 59.7 Å². The fourth-order valence-electron chi connectivity index (χ4n) is 5.20. The fraction of sp³-hybridized carbons (Fsp3) is 0.562. The Morgan fingerprint density at radius 3 is 2.35 bits per heavy atom. The van der Waals surface area contributed by atoms with Crippen LogP contribution in [0.3, 0.4) is 0 Å². The lowest BCUT2D eigenvalue weighted by molar-refractivity contribution is -0.131. The summed E-state index contributed by atoms with van der Waals surface area (Å²) >= 11 is 0. The van der Waals surface area contributed by atoms with E-state index in [4.69, 9.17) is 14.2 Å². The van der Waals surface area contributed by atoms with Gasteiger partial charge in [-0.25, -0.2) is 0 Å². The molecular weight excluding hydrogens is 506 g/mol. The number of ether oxygens (including phenoxy) is 3. The molecule has 1 N–H and O–H groups in total. The van der Waals surface area contributed by atoms with E-state index in [2.05, 4.69) is 17.4 Å². The van der Waals surface area contributed by atoms with Crippen LogP contribution >= 0.6 is 0 Å². The quantitative estimate of drug-likeness (QED) is 0.313. The molecular formula is C32H47N3O5. The van der Waals surface area contributed by atoms with Crippen LogP contribution in [-0.4, -0.2) is 87.8 Å². The van der Waals surface area contributed by atoms with E-state index in [9.17, 15) is 9.59 Å². The first-order valence-electron chi connectivity index (χ1n) is 14.5. The molecule has 220 valence electrons. The minimum Gasteiger partial charge on any atom is -0.493 e. The van der Waals surface area contributed by atoms with Crippen molar-refractivity contribution in [1.82, 2.24) is 15.1 Å². The molecule has 1 aliphatic rings. The first-order chi connectivity index (χ1) is 19.4. The maximum atomic E-state index is 13.8. The number of methoxy groups -OCH3 is 2. The summed E-state index contributed by atoms with van der Waals surface area (Å²) in [5, 5.41) is 3.52. The van der Waals surface area contributed by atoms with Gasteiger partial charge < -0.3 is 29.3 Å². The summed E-state index contributed by atoms with van der Waals surface area (Å²) in [4.78, 5) is 30.6. The molecule has 1 aliphatic heterocycles. The molecule has 0 bridgehead atoms. The molecule has 0 aromatic heterocycles. The van der Waals surface area contributed by atoms with Gasteiger partial charge in [0.1, 0.15) is 0 Å². The highest BCUT2D eigenvalue weighted by Crippen LogP contribution is 2.30. The molecule has 8 nitrogen and oxygen atoms in total. The summed E-state index contributed by atoms with van der Waals surface area (Å²) < 4.78 is 16.5. The van der Waals surface area contributed by atoms with Crippen LogP contribution in [0.5, 0.6) is 11.5 Å². The highest BCUT2D eigenvalue weighted by Gasteiger charge is 2.33. The Hall–Kier alpha value is -3.10. The lowest BCUT2D eigenvalue weighted by Crippen LogP contribution is -2.44. The Bertz CT molecular complexity index is 1060. The first-order valence-corrected chi connectivity index (χ1v) is 14.5. The number of carbonyl (C=O) groups excluding carboxylic acids is 2. The van der Waals surface area contributed by atoms with Crippen LogP contribution in [0, 0.1) is 11.8 Å². The van der Waals surface area contributed by atoms with Crippen molar-refractivity contribution in [2.75, 3.05) is 60.2 Å². The third-order valence-electron chi connectivity index (χ3n) is 7.58. The molecule has 0 saturated carbocycles. The van der Waals surface area contributed by atoms with E-state index in [1.54, 1.807) is 32.4 Å². The number of nitrogens with zero attached hydrogens (tertiary/aromatic N) is 2. The van der Waals surface area contributed by atoms with Gasteiger partial charge in [0.05, 0.1) is 13.7 Å². The first kappa shape index (κ1) is 31.4. The second kappa shape index (κ2) is 16.2. The van der Waals surface area contributed by atoms with Gasteiger partial charge in [-0.1, -0.05) is 37.3 Å². The molecule has 0 spiro atoms. The number of benzene rings is 2. The predicted octanol–water partition coefficient (Wildman–Crippen LogP) is 4.28. The molecule has 8 heteroatoms. The van der Waals surface area contributed by atoms with E-state index < -0.39 is 0 Å². The summed E-state index contributed by atoms with van der Waals surface area (Å²) in [5.74, 6) is 1.82. The van der Waals surface area contributed by atoms with Gasteiger partial charge in [-0.2, -0.15) is 0 Å². The molecule has 2 aromatic carbocycles. The van der Waals surface area contributed by atoms with E-state index >= 15 is 0 Å². The van der Waals surface area contributed by atoms with E-state index in [-0.39, 0.29) is 29.7 Å². The van der Waals surface area contributed by atoms with Crippen molar-refractivity contribution in [2.24, 2.45) is 11.8 Å². The second-order valence-electron chi connectivity index (χ2n) is 10.7. The Kier molecular flexibility index (Phi) is 12.8. The maximum absolute atomic E-state index is 13.8. The third kappa shape index (κ3) is 8.96. The Morgan fingerprint density at radius 2 is 1.70 bits per heavy atom. The molecule has 1 fully saturated rings. The van der Waals surface area contributed by atoms with E-state index in [1.165, 1.54) is 5.56 Å². The van der Waals surface area contributed by atoms with Crippen LogP contribution in [0.1, 0.15) is 49.5 Å². The highest BCUT2D eigenvalue weighted by atomic mass is 16.5. The normalized spacial score (nSPS) is 16.6. The second-order valence-corrected chi connectivity index (χ2v) is 10.7. The Labute approximate surface area is 240 Å². The van der Waals surface area contributed by atoms with Crippen LogP contribution in [0.4, 0.5) is 0 Å². The summed E-state index contributed by atoms with van der Waals surface area (Å²) in [5.41, 5.74) is 1.81. The molecule has 3 rings (SSSR count). The Morgan fingerprint density at radius 1 is 0.975 bits per heavy atom. The molecule has 1 saturated heterocycles. The number of hydrogen-bond acceptors (Lipinski definition) is 6. The lowest BCUT2D eigenvalue weighted by atomic mass is 9.93. The van der Waals surface area contributed by atoms with Crippen LogP contribution < -0.4 is 14.8 Å². The lowest BCUT2D eigenvalue weighted by Gasteiger charge is -2.33. The summed E-state index contributed by atoms with van der Waals surface area (Å²) in [6.07, 6.45) is 2.07. The van der Waals surface area contributed by atoms with Crippen LogP contribution in [0.2, 0.25) is 0 Å². The largest absolute Gasteiger partial charge is 0.493 e. The standard InChI is InChI=1S/C32H47N3O5/c1-6-31(36)34(16-15-25-11-8-7-9-12-25)22-27-20-33-21-28(27)23-35(24(2)3)32(37)26-13-14-29(39-5)30(19-26)40-18-10-17-38-4/h7-9,11-14,19,24,27-28,33H,6,10,15-18,20-23H2,1-5H3/t27-,28+/m0/s1. The number of hydrogen-bond donors (Lipinski definition) is 1. The predicted molar refractivity (Wildman–Crippen MR) is 158 cm³/mol. The Balaban J connectivity index is 1.70. The van der Waals surface area contributed by atoms with Gasteiger partial charge in [-0.3, -0.25) is 9.59 Å². The molecule has 0 aliphatic carbocycles. The minimum absolute atomic E-state index is 0.0216. The van der Waals surface area contributed by atoms with Crippen molar-refractivity contribution < 1.29 is 23.8 Å². The molecule has 1 heterocycles. The zero-order valence-corrected chi connectivity index (χ0v) is 24.9. The van der Waals surface area contributed by atoms with E-state index in [0.29, 0.717) is 56.3 Å². The number of nitrogens with one attached hydrogen (secondary N) is 1. The third-order valence-corrected chi connectivity index (χ3v) is 7.58. The zero-order chi connectivity index (χ0) is 28.9. The molecule has 40 heavy (non-hydrogen) atoms. The monoisotopic (exact) mass is 553 g/mol. The summed E-state index contributed by atoms with van der Waals surface area (Å²) in [7, 11) is 3.26. The van der Waals surface area contributed by atoms with Crippen molar-refractivity contribution in [2.45, 2.75) is 46.1 Å². The number of rotatable bonds is 16. The maximum Gasteiger partial charge on any atom is 0.254 e. The SMILES string of the molecule is CCC(=O)N(CCc1ccccc1)C[C@@H]1CNC[C@@H]1CN(C(=O)c1ccc(OC)c(OCCCOC)c1)C(C)C. The van der Waals surface area contributed by atoms with Crippen molar-refractivity contribution in [3.8, 4) is 11.5 Å². The fourth-order valence-corrected chi connectivity index (χ4v) is 5.20. The van der Waals surface area contributed by atoms with Gasteiger partial charge in [0.15, 0.2) is 11.5 Å². The van der Waals surface area contributed by atoms with Crippen LogP contribution in [0.25, 0.3) is 0 Å². The van der Waals surface area contributed by atoms with Gasteiger partial charge in [-0.15, -0.1) is 0 Å². The van der Waals surface area contributed by atoms with E-state index in [1.807, 2.05) is 48.8 Å². The average Bonchev–Trinajstić information content (AvgIpc) is 3.42. The molecule has 2 aromatic rings. The average molecular weight is 554 g/mol. The number of amides is 2. The van der Waals surface area contributed by atoms with Crippen molar-refractivity contribution >= 4 is 11.8 Å². The minimum atomic E-state index is -0.0318. The van der Waals surface area contributed by atoms with Crippen LogP contribution in [0.15, 0.2) is 48.5 Å². The molecule has 2 atom stereocenters. The van der Waals surface area contributed by atoms with Gasteiger partial charge in [0, 0.05) is 70.9 Å².